The molecule has 0 aliphatic heterocycles. The Morgan fingerprint density at radius 1 is 1.57 bits per heavy atom. The molecule has 76 valence electrons. The largest absolute Gasteiger partial charge is 0.481 e. The fourth-order valence-electron chi connectivity index (χ4n) is 1.25. The number of carboxylic acid groups (broad SMARTS) is 1. The van der Waals surface area contributed by atoms with E-state index in [1.165, 1.54) is 0 Å². The van der Waals surface area contributed by atoms with Crippen molar-refractivity contribution in [2.75, 3.05) is 0 Å². The van der Waals surface area contributed by atoms with Crippen molar-refractivity contribution in [3.8, 4) is 0 Å². The number of aliphatic hydroxyl groups is 1. The first-order chi connectivity index (χ1) is 6.50. The normalized spacial score (nSPS) is 12.5. The summed E-state index contributed by atoms with van der Waals surface area (Å²) in [6.07, 6.45) is -1.21. The number of hydrogen-bond acceptors (Lipinski definition) is 2. The standard InChI is InChI=1S/C10H11BrO3/c1-6-2-3-7(11)4-8(6)9(12)5-10(13)14/h2-4,9,12H,5H2,1H3,(H,13,14)/t9-/m1/s1. The SMILES string of the molecule is Cc1ccc(Br)cc1[C@H](O)CC(=O)O. The van der Waals surface area contributed by atoms with Crippen molar-refractivity contribution in [1.29, 1.82) is 0 Å². The Kier molecular flexibility index (Phi) is 3.66. The summed E-state index contributed by atoms with van der Waals surface area (Å²) in [5.74, 6) is -1.00. The van der Waals surface area contributed by atoms with Crippen LogP contribution in [0.15, 0.2) is 22.7 Å². The third kappa shape index (κ3) is 2.82. The molecule has 0 saturated carbocycles. The number of hydrogen-bond donors (Lipinski definition) is 2. The summed E-state index contributed by atoms with van der Waals surface area (Å²) in [6, 6.07) is 5.43. The van der Waals surface area contributed by atoms with Crippen molar-refractivity contribution in [3.05, 3.63) is 33.8 Å². The molecule has 0 amide bonds. The minimum Gasteiger partial charge on any atom is -0.481 e. The quantitative estimate of drug-likeness (QED) is 0.875. The molecule has 0 unspecified atom stereocenters. The highest BCUT2D eigenvalue weighted by Gasteiger charge is 2.14. The van der Waals surface area contributed by atoms with E-state index in [4.69, 9.17) is 5.11 Å². The van der Waals surface area contributed by atoms with Gasteiger partial charge in [0.25, 0.3) is 0 Å². The molecule has 0 spiro atoms. The first kappa shape index (κ1) is 11.2. The molecule has 0 heterocycles. The second-order valence-corrected chi connectivity index (χ2v) is 4.03. The zero-order chi connectivity index (χ0) is 10.7. The molecular formula is C10H11BrO3. The summed E-state index contributed by atoms with van der Waals surface area (Å²) in [5, 5.41) is 18.1. The minimum absolute atomic E-state index is 0.267. The lowest BCUT2D eigenvalue weighted by molar-refractivity contribution is -0.139. The van der Waals surface area contributed by atoms with Crippen LogP contribution < -0.4 is 0 Å². The molecule has 4 heteroatoms. The van der Waals surface area contributed by atoms with Crippen LogP contribution in [-0.2, 0) is 4.79 Å². The number of carboxylic acids is 1. The highest BCUT2D eigenvalue weighted by molar-refractivity contribution is 9.10. The summed E-state index contributed by atoms with van der Waals surface area (Å²) >= 11 is 3.27. The molecule has 0 saturated heterocycles. The Morgan fingerprint density at radius 2 is 2.21 bits per heavy atom. The van der Waals surface area contributed by atoms with Crippen LogP contribution in [0.25, 0.3) is 0 Å². The van der Waals surface area contributed by atoms with Crippen LogP contribution in [0.4, 0.5) is 0 Å². The van der Waals surface area contributed by atoms with Gasteiger partial charge in [-0.15, -0.1) is 0 Å². The van der Waals surface area contributed by atoms with Crippen LogP contribution in [0.5, 0.6) is 0 Å². The summed E-state index contributed by atoms with van der Waals surface area (Å²) in [4.78, 5) is 10.4. The monoisotopic (exact) mass is 258 g/mol. The van der Waals surface area contributed by atoms with Gasteiger partial charge < -0.3 is 10.2 Å². The molecule has 0 bridgehead atoms. The number of rotatable bonds is 3. The number of aliphatic hydroxyl groups excluding tert-OH is 1. The second kappa shape index (κ2) is 4.57. The van der Waals surface area contributed by atoms with Crippen LogP contribution in [0.2, 0.25) is 0 Å². The Bertz CT molecular complexity index is 349. The van der Waals surface area contributed by atoms with Crippen molar-refractivity contribution < 1.29 is 15.0 Å². The molecule has 3 nitrogen and oxygen atoms in total. The van der Waals surface area contributed by atoms with E-state index >= 15 is 0 Å². The molecule has 0 aliphatic carbocycles. The maximum Gasteiger partial charge on any atom is 0.306 e. The van der Waals surface area contributed by atoms with Gasteiger partial charge in [0.05, 0.1) is 12.5 Å². The number of aliphatic carboxylic acids is 1. The van der Waals surface area contributed by atoms with Crippen LogP contribution >= 0.6 is 15.9 Å². The second-order valence-electron chi connectivity index (χ2n) is 3.11. The van der Waals surface area contributed by atoms with Gasteiger partial charge in [-0.2, -0.15) is 0 Å². The van der Waals surface area contributed by atoms with Gasteiger partial charge in [-0.05, 0) is 30.2 Å². The third-order valence-electron chi connectivity index (χ3n) is 1.97. The van der Waals surface area contributed by atoms with E-state index in [1.807, 2.05) is 19.1 Å². The van der Waals surface area contributed by atoms with Crippen molar-refractivity contribution in [2.45, 2.75) is 19.4 Å². The van der Waals surface area contributed by atoms with Gasteiger partial charge in [0.2, 0.25) is 0 Å². The molecule has 0 aromatic heterocycles. The first-order valence-electron chi connectivity index (χ1n) is 4.16. The summed E-state index contributed by atoms with van der Waals surface area (Å²) in [5.41, 5.74) is 1.55. The van der Waals surface area contributed by atoms with E-state index in [0.29, 0.717) is 5.56 Å². The lowest BCUT2D eigenvalue weighted by atomic mass is 10.0. The molecule has 1 aromatic carbocycles. The Morgan fingerprint density at radius 3 is 2.79 bits per heavy atom. The van der Waals surface area contributed by atoms with Gasteiger partial charge in [-0.3, -0.25) is 4.79 Å². The van der Waals surface area contributed by atoms with E-state index in [9.17, 15) is 9.90 Å². The maximum atomic E-state index is 10.4. The van der Waals surface area contributed by atoms with E-state index in [2.05, 4.69) is 15.9 Å². The number of carbonyl (C=O) groups is 1. The average Bonchev–Trinajstić information content (AvgIpc) is 2.08. The van der Waals surface area contributed by atoms with Gasteiger partial charge in [0.1, 0.15) is 0 Å². The van der Waals surface area contributed by atoms with Crippen molar-refractivity contribution in [3.63, 3.8) is 0 Å². The molecule has 1 aromatic rings. The molecule has 0 fully saturated rings. The van der Waals surface area contributed by atoms with Gasteiger partial charge in [0, 0.05) is 4.47 Å². The maximum absolute atomic E-state index is 10.4. The zero-order valence-electron chi connectivity index (χ0n) is 7.70. The predicted molar refractivity (Wildman–Crippen MR) is 56.1 cm³/mol. The van der Waals surface area contributed by atoms with Gasteiger partial charge in [-0.25, -0.2) is 0 Å². The highest BCUT2D eigenvalue weighted by Crippen LogP contribution is 2.24. The fraction of sp³-hybridized carbons (Fsp3) is 0.300. The Balaban J connectivity index is 2.93. The Hall–Kier alpha value is -0.870. The van der Waals surface area contributed by atoms with Crippen molar-refractivity contribution in [2.24, 2.45) is 0 Å². The van der Waals surface area contributed by atoms with Crippen LogP contribution in [0.3, 0.4) is 0 Å². The zero-order valence-corrected chi connectivity index (χ0v) is 9.28. The van der Waals surface area contributed by atoms with Crippen LogP contribution in [0, 0.1) is 6.92 Å². The lowest BCUT2D eigenvalue weighted by Gasteiger charge is -2.11. The van der Waals surface area contributed by atoms with Crippen molar-refractivity contribution >= 4 is 21.9 Å². The molecule has 0 radical (unpaired) electrons. The third-order valence-corrected chi connectivity index (χ3v) is 2.46. The lowest BCUT2D eigenvalue weighted by Crippen LogP contribution is -2.06. The topological polar surface area (TPSA) is 57.5 Å². The minimum atomic E-state index is -1.00. The molecular weight excluding hydrogens is 248 g/mol. The Labute approximate surface area is 90.5 Å². The molecule has 14 heavy (non-hydrogen) atoms. The molecule has 0 aliphatic rings. The van der Waals surface area contributed by atoms with Gasteiger partial charge in [0.15, 0.2) is 0 Å². The van der Waals surface area contributed by atoms with E-state index in [-0.39, 0.29) is 6.42 Å². The number of benzene rings is 1. The van der Waals surface area contributed by atoms with E-state index in [0.717, 1.165) is 10.0 Å². The number of halogens is 1. The summed E-state index contributed by atoms with van der Waals surface area (Å²) in [7, 11) is 0. The van der Waals surface area contributed by atoms with Crippen molar-refractivity contribution in [1.82, 2.24) is 0 Å². The molecule has 1 rings (SSSR count). The summed E-state index contributed by atoms with van der Waals surface area (Å²) in [6.45, 7) is 1.84. The van der Waals surface area contributed by atoms with E-state index < -0.39 is 12.1 Å². The van der Waals surface area contributed by atoms with Gasteiger partial charge in [-0.1, -0.05) is 22.0 Å². The fourth-order valence-corrected chi connectivity index (χ4v) is 1.62. The van der Waals surface area contributed by atoms with Gasteiger partial charge >= 0.3 is 5.97 Å². The van der Waals surface area contributed by atoms with Crippen LogP contribution in [0.1, 0.15) is 23.7 Å². The first-order valence-corrected chi connectivity index (χ1v) is 4.96. The summed E-state index contributed by atoms with van der Waals surface area (Å²) < 4.78 is 0.836. The smallest absolute Gasteiger partial charge is 0.306 e. The molecule has 2 N–H and O–H groups in total. The van der Waals surface area contributed by atoms with Crippen LogP contribution in [-0.4, -0.2) is 16.2 Å². The number of aryl methyl sites for hydroxylation is 1. The molecule has 1 atom stereocenters. The van der Waals surface area contributed by atoms with E-state index in [1.54, 1.807) is 6.07 Å². The predicted octanol–water partition coefficient (Wildman–Crippen LogP) is 2.27. The average molecular weight is 259 g/mol. The highest BCUT2D eigenvalue weighted by atomic mass is 79.9.